The highest BCUT2D eigenvalue weighted by atomic mass is 16.7. The van der Waals surface area contributed by atoms with Crippen molar-refractivity contribution in [3.63, 3.8) is 0 Å². The van der Waals surface area contributed by atoms with Gasteiger partial charge in [0.15, 0.2) is 23.0 Å². The molecule has 8 heteroatoms. The predicted molar refractivity (Wildman–Crippen MR) is 118 cm³/mol. The van der Waals surface area contributed by atoms with Gasteiger partial charge in [-0.1, -0.05) is 17.0 Å². The van der Waals surface area contributed by atoms with Crippen LogP contribution in [0.15, 0.2) is 29.4 Å². The van der Waals surface area contributed by atoms with Crippen LogP contribution in [0.3, 0.4) is 0 Å². The van der Waals surface area contributed by atoms with Crippen LogP contribution in [0, 0.1) is 11.8 Å². The van der Waals surface area contributed by atoms with Gasteiger partial charge in [0.2, 0.25) is 12.5 Å². The zero-order valence-electron chi connectivity index (χ0n) is 18.4. The normalized spacial score (nSPS) is 16.9. The summed E-state index contributed by atoms with van der Waals surface area (Å²) in [5, 5.41) is 11.8. The summed E-state index contributed by atoms with van der Waals surface area (Å²) in [5.74, 6) is 9.65. The van der Waals surface area contributed by atoms with Crippen LogP contribution in [0.25, 0.3) is 0 Å². The summed E-state index contributed by atoms with van der Waals surface area (Å²) in [6.07, 6.45) is 2.22. The van der Waals surface area contributed by atoms with Crippen LogP contribution in [0.2, 0.25) is 0 Å². The van der Waals surface area contributed by atoms with E-state index < -0.39 is 0 Å². The first-order chi connectivity index (χ1) is 15.7. The highest BCUT2D eigenvalue weighted by molar-refractivity contribution is 5.80. The molecule has 2 aliphatic rings. The van der Waals surface area contributed by atoms with Crippen molar-refractivity contribution in [2.75, 3.05) is 40.7 Å². The topological polar surface area (TPSA) is 82.0 Å². The maximum atomic E-state index is 8.74. The number of hydrogen-bond acceptors (Lipinski definition) is 8. The summed E-state index contributed by atoms with van der Waals surface area (Å²) in [7, 11) is 3.68. The van der Waals surface area contributed by atoms with Crippen LogP contribution in [-0.4, -0.2) is 57.0 Å². The summed E-state index contributed by atoms with van der Waals surface area (Å²) in [5.41, 5.74) is 2.88. The Bertz CT molecular complexity index is 1070. The molecule has 2 aliphatic heterocycles. The molecule has 0 radical (unpaired) electrons. The maximum absolute atomic E-state index is 8.74. The Morgan fingerprint density at radius 3 is 2.91 bits per heavy atom. The van der Waals surface area contributed by atoms with Crippen molar-refractivity contribution in [1.29, 1.82) is 0 Å². The Balaban J connectivity index is 1.55. The van der Waals surface area contributed by atoms with Gasteiger partial charge in [-0.25, -0.2) is 0 Å². The minimum Gasteiger partial charge on any atom is -0.492 e. The summed E-state index contributed by atoms with van der Waals surface area (Å²) in [6, 6.07) is 7.19. The molecule has 1 unspecified atom stereocenters. The zero-order valence-corrected chi connectivity index (χ0v) is 18.4. The van der Waals surface area contributed by atoms with Crippen molar-refractivity contribution in [3.05, 3.63) is 41.0 Å². The number of likely N-dealkylation sites (N-methyl/N-ethyl adjacent to an activating group) is 1. The second-order valence-corrected chi connectivity index (χ2v) is 7.34. The van der Waals surface area contributed by atoms with Gasteiger partial charge in [-0.05, 0) is 50.2 Å². The van der Waals surface area contributed by atoms with E-state index in [1.54, 1.807) is 25.3 Å². The lowest BCUT2D eigenvalue weighted by atomic mass is 9.91. The van der Waals surface area contributed by atoms with Gasteiger partial charge >= 0.3 is 0 Å². The number of oxime groups is 1. The highest BCUT2D eigenvalue weighted by Gasteiger charge is 2.33. The molecule has 4 rings (SSSR count). The fourth-order valence-corrected chi connectivity index (χ4v) is 3.93. The summed E-state index contributed by atoms with van der Waals surface area (Å²) in [6.45, 7) is 3.64. The molecule has 8 nitrogen and oxygen atoms in total. The SMILES string of the molecule is CCOc1cc(/C=N/O)ccc1OCC#CC1c2c(cc3c(c2OC)OCO3)CCN1C. The Labute approximate surface area is 187 Å². The van der Waals surface area contributed by atoms with Gasteiger partial charge in [-0.2, -0.15) is 0 Å². The Hall–Kier alpha value is -3.57. The third kappa shape index (κ3) is 4.25. The molecule has 0 saturated heterocycles. The molecule has 1 atom stereocenters. The molecule has 2 aromatic rings. The largest absolute Gasteiger partial charge is 0.492 e. The fourth-order valence-electron chi connectivity index (χ4n) is 3.93. The van der Waals surface area contributed by atoms with Crippen molar-refractivity contribution in [3.8, 4) is 40.6 Å². The molecule has 0 amide bonds. The van der Waals surface area contributed by atoms with Crippen molar-refractivity contribution in [1.82, 2.24) is 4.90 Å². The second-order valence-electron chi connectivity index (χ2n) is 7.34. The third-order valence-electron chi connectivity index (χ3n) is 5.41. The molecule has 0 aromatic heterocycles. The van der Waals surface area contributed by atoms with Gasteiger partial charge < -0.3 is 28.9 Å². The minimum absolute atomic E-state index is 0.152. The minimum atomic E-state index is -0.152. The van der Waals surface area contributed by atoms with E-state index in [4.69, 9.17) is 28.9 Å². The van der Waals surface area contributed by atoms with Crippen LogP contribution in [-0.2, 0) is 6.42 Å². The van der Waals surface area contributed by atoms with E-state index in [2.05, 4.69) is 21.9 Å². The molecule has 32 heavy (non-hydrogen) atoms. The Kier molecular flexibility index (Phi) is 6.57. The van der Waals surface area contributed by atoms with E-state index in [0.29, 0.717) is 35.2 Å². The highest BCUT2D eigenvalue weighted by Crippen LogP contribution is 2.49. The molecule has 0 saturated carbocycles. The molecule has 2 aromatic carbocycles. The number of fused-ring (bicyclic) bond motifs is 2. The van der Waals surface area contributed by atoms with E-state index in [1.165, 1.54) is 6.21 Å². The van der Waals surface area contributed by atoms with E-state index in [-0.39, 0.29) is 19.4 Å². The number of ether oxygens (including phenoxy) is 5. The summed E-state index contributed by atoms with van der Waals surface area (Å²) >= 11 is 0. The van der Waals surface area contributed by atoms with E-state index in [0.717, 1.165) is 29.8 Å². The van der Waals surface area contributed by atoms with Crippen LogP contribution >= 0.6 is 0 Å². The molecule has 0 bridgehead atoms. The smallest absolute Gasteiger partial charge is 0.231 e. The first-order valence-electron chi connectivity index (χ1n) is 10.4. The molecule has 2 heterocycles. The molecular weight excluding hydrogens is 412 g/mol. The molecule has 0 fully saturated rings. The first-order valence-corrected chi connectivity index (χ1v) is 10.4. The lowest BCUT2D eigenvalue weighted by Gasteiger charge is -2.32. The van der Waals surface area contributed by atoms with E-state index in [1.807, 2.05) is 20.0 Å². The lowest BCUT2D eigenvalue weighted by Crippen LogP contribution is -2.31. The predicted octanol–water partition coefficient (Wildman–Crippen LogP) is 3.24. The van der Waals surface area contributed by atoms with Gasteiger partial charge in [0.05, 0.1) is 19.9 Å². The quantitative estimate of drug-likeness (QED) is 0.321. The molecule has 1 N–H and O–H groups in total. The standard InChI is InChI=1S/C24H26N2O6/c1-4-29-20-12-16(14-25-27)7-8-19(20)30-11-5-6-18-22-17(9-10-26(18)2)13-21-23(24(22)28-3)32-15-31-21/h7-8,12-14,18,27H,4,9-11,15H2,1-3H3/b25-14+. The van der Waals surface area contributed by atoms with Crippen molar-refractivity contribution in [2.45, 2.75) is 19.4 Å². The van der Waals surface area contributed by atoms with E-state index >= 15 is 0 Å². The number of hydrogen-bond donors (Lipinski definition) is 1. The second kappa shape index (κ2) is 9.71. The lowest BCUT2D eigenvalue weighted by molar-refractivity contribution is 0.171. The number of rotatable bonds is 6. The molecule has 0 spiro atoms. The van der Waals surface area contributed by atoms with Gasteiger partial charge in [0.25, 0.3) is 0 Å². The Morgan fingerprint density at radius 1 is 1.25 bits per heavy atom. The number of benzene rings is 2. The zero-order chi connectivity index (χ0) is 22.5. The maximum Gasteiger partial charge on any atom is 0.231 e. The average molecular weight is 438 g/mol. The Morgan fingerprint density at radius 2 is 2.12 bits per heavy atom. The fraction of sp³-hybridized carbons (Fsp3) is 0.375. The summed E-state index contributed by atoms with van der Waals surface area (Å²) in [4.78, 5) is 2.19. The number of methoxy groups -OCH3 is 1. The van der Waals surface area contributed by atoms with Crippen molar-refractivity contribution < 1.29 is 28.9 Å². The molecule has 0 aliphatic carbocycles. The third-order valence-corrected chi connectivity index (χ3v) is 5.41. The number of nitrogens with zero attached hydrogens (tertiary/aromatic N) is 2. The van der Waals surface area contributed by atoms with Gasteiger partial charge in [0.1, 0.15) is 12.6 Å². The van der Waals surface area contributed by atoms with Gasteiger partial charge in [-0.15, -0.1) is 0 Å². The van der Waals surface area contributed by atoms with Crippen LogP contribution in [0.1, 0.15) is 29.7 Å². The van der Waals surface area contributed by atoms with Crippen molar-refractivity contribution >= 4 is 6.21 Å². The van der Waals surface area contributed by atoms with Crippen LogP contribution in [0.4, 0.5) is 0 Å². The van der Waals surface area contributed by atoms with Crippen LogP contribution in [0.5, 0.6) is 28.7 Å². The van der Waals surface area contributed by atoms with Gasteiger partial charge in [0, 0.05) is 17.7 Å². The monoisotopic (exact) mass is 438 g/mol. The molecular formula is C24H26N2O6. The molecule has 168 valence electrons. The first kappa shape index (κ1) is 21.7. The van der Waals surface area contributed by atoms with Crippen molar-refractivity contribution in [2.24, 2.45) is 5.16 Å². The van der Waals surface area contributed by atoms with Crippen LogP contribution < -0.4 is 23.7 Å². The van der Waals surface area contributed by atoms with Gasteiger partial charge in [-0.3, -0.25) is 4.90 Å². The summed E-state index contributed by atoms with van der Waals surface area (Å²) < 4.78 is 28.4. The average Bonchev–Trinajstić information content (AvgIpc) is 3.26. The van der Waals surface area contributed by atoms with E-state index in [9.17, 15) is 0 Å².